The van der Waals surface area contributed by atoms with Crippen molar-refractivity contribution in [1.82, 2.24) is 0 Å². The van der Waals surface area contributed by atoms with Crippen molar-refractivity contribution in [3.63, 3.8) is 0 Å². The number of nitrogens with zero attached hydrogens (tertiary/aromatic N) is 1. The largest absolute Gasteiger partial charge is 0.492 e. The Labute approximate surface area is 798 Å². The van der Waals surface area contributed by atoms with Gasteiger partial charge in [0.05, 0.1) is 52.7 Å². The summed E-state index contributed by atoms with van der Waals surface area (Å²) in [6.45, 7) is 59.9. The van der Waals surface area contributed by atoms with Crippen LogP contribution in [0.2, 0.25) is 0 Å². The molecule has 23 nitrogen and oxygen atoms in total. The average Bonchev–Trinajstić information content (AvgIpc) is 0.805. The highest BCUT2D eigenvalue weighted by molar-refractivity contribution is 7.94. The van der Waals surface area contributed by atoms with E-state index in [1.807, 2.05) is 120 Å². The first kappa shape index (κ1) is 118. The Balaban J connectivity index is 0.000000521. The Morgan fingerprint density at radius 2 is 0.709 bits per heavy atom. The highest BCUT2D eigenvalue weighted by atomic mass is 35.5. The predicted octanol–water partition coefficient (Wildman–Crippen LogP) is 22.8. The van der Waals surface area contributed by atoms with Crippen molar-refractivity contribution in [2.75, 3.05) is 12.9 Å². The van der Waals surface area contributed by atoms with Crippen molar-refractivity contribution in [3.05, 3.63) is 373 Å². The number of carbonyl (C=O) groups excluding carboxylic acids is 1. The van der Waals surface area contributed by atoms with Crippen molar-refractivity contribution in [1.29, 1.82) is 0 Å². The minimum Gasteiger partial charge on any atom is -0.492 e. The van der Waals surface area contributed by atoms with E-state index in [2.05, 4.69) is 70.5 Å². The molecular formula is C104H124ClNO22S6. The molecule has 0 spiro atoms. The van der Waals surface area contributed by atoms with E-state index >= 15 is 0 Å². The van der Waals surface area contributed by atoms with Crippen molar-refractivity contribution in [2.24, 2.45) is 11.3 Å². The Hall–Kier alpha value is -12.2. The Bertz CT molecular complexity index is 6140. The number of hydrogen-bond donors (Lipinski definition) is 2. The van der Waals surface area contributed by atoms with Crippen LogP contribution in [0, 0.1) is 21.4 Å². The lowest BCUT2D eigenvalue weighted by molar-refractivity contribution is -0.493. The number of carboxylic acid groups (broad SMARTS) is 2. The summed E-state index contributed by atoms with van der Waals surface area (Å²) in [5.41, 5.74) is 7.79. The fourth-order valence-electron chi connectivity index (χ4n) is 11.1. The zero-order valence-corrected chi connectivity index (χ0v) is 84.1. The van der Waals surface area contributed by atoms with Gasteiger partial charge in [0.2, 0.25) is 9.84 Å². The molecule has 2 N–H and O–H groups in total. The van der Waals surface area contributed by atoms with Crippen LogP contribution < -0.4 is 0 Å². The molecule has 720 valence electrons. The molecule has 0 aliphatic rings. The maximum Gasteiger partial charge on any atom is 0.324 e. The van der Waals surface area contributed by atoms with E-state index in [4.69, 9.17) is 21.1 Å². The molecule has 0 saturated heterocycles. The monoisotopic (exact) mass is 1970 g/mol. The van der Waals surface area contributed by atoms with Crippen LogP contribution in [0.1, 0.15) is 163 Å². The number of nitro groups is 1. The number of halogens is 1. The van der Waals surface area contributed by atoms with E-state index in [1.165, 1.54) is 50.2 Å². The lowest BCUT2D eigenvalue weighted by Crippen LogP contribution is -2.36. The summed E-state index contributed by atoms with van der Waals surface area (Å²) >= 11 is 5.57. The molecule has 0 amide bonds. The third-order valence-electron chi connectivity index (χ3n) is 19.7. The van der Waals surface area contributed by atoms with E-state index in [1.54, 1.807) is 192 Å². The number of aliphatic carboxylic acids is 2. The van der Waals surface area contributed by atoms with Gasteiger partial charge in [0.1, 0.15) is 38.8 Å². The summed E-state index contributed by atoms with van der Waals surface area (Å²) < 4.78 is 157. The number of ether oxygens (including phenoxy) is 3. The van der Waals surface area contributed by atoms with Gasteiger partial charge in [0.25, 0.3) is 0 Å². The molecular weight excluding hydrogens is 1840 g/mol. The van der Waals surface area contributed by atoms with Gasteiger partial charge in [0, 0.05) is 11.8 Å². The molecule has 0 aliphatic heterocycles. The van der Waals surface area contributed by atoms with Gasteiger partial charge in [0.15, 0.2) is 54.4 Å². The van der Waals surface area contributed by atoms with Crippen LogP contribution in [0.25, 0.3) is 48.6 Å². The predicted molar refractivity (Wildman–Crippen MR) is 543 cm³/mol. The quantitative estimate of drug-likeness (QED) is 0.0127. The van der Waals surface area contributed by atoms with Crippen LogP contribution >= 0.6 is 11.6 Å². The Kier molecular flexibility index (Phi) is 47.2. The second-order valence-corrected chi connectivity index (χ2v) is 46.8. The zero-order valence-electron chi connectivity index (χ0n) is 78.5. The third-order valence-corrected chi connectivity index (χ3v) is 32.3. The lowest BCUT2D eigenvalue weighted by Gasteiger charge is -2.32. The summed E-state index contributed by atoms with van der Waals surface area (Å²) in [4.78, 5) is 45.4. The maximum atomic E-state index is 12.5. The van der Waals surface area contributed by atoms with Crippen molar-refractivity contribution < 1.29 is 94.2 Å². The number of alkyl halides is 1. The number of benzene rings is 9. The fraction of sp³-hybridized carbons (Fsp3) is 0.260. The summed E-state index contributed by atoms with van der Waals surface area (Å²) in [5, 5.41) is 25.6. The number of methoxy groups -OCH3 is 1. The van der Waals surface area contributed by atoms with Crippen molar-refractivity contribution >= 4 is 137 Å². The summed E-state index contributed by atoms with van der Waals surface area (Å²) in [6, 6.07) is 63.1. The zero-order chi connectivity index (χ0) is 102. The molecule has 9 aromatic rings. The van der Waals surface area contributed by atoms with Gasteiger partial charge in [-0.15, -0.1) is 11.6 Å². The second kappa shape index (κ2) is 53.6. The molecule has 6 atom stereocenters. The number of carboxylic acids is 2. The third kappa shape index (κ3) is 37.0. The number of sulfone groups is 6. The van der Waals surface area contributed by atoms with Crippen LogP contribution in [-0.2, 0) is 100 Å². The van der Waals surface area contributed by atoms with E-state index in [0.29, 0.717) is 27.5 Å². The first-order valence-electron chi connectivity index (χ1n) is 41.6. The molecule has 30 heteroatoms. The number of carbonyl (C=O) groups is 3. The van der Waals surface area contributed by atoms with Crippen LogP contribution in [0.15, 0.2) is 331 Å². The van der Waals surface area contributed by atoms with E-state index < -0.39 is 125 Å². The minimum atomic E-state index is -3.90. The minimum absolute atomic E-state index is 0.0534. The van der Waals surface area contributed by atoms with Crippen LogP contribution in [-0.4, -0.2) is 128 Å². The van der Waals surface area contributed by atoms with Gasteiger partial charge >= 0.3 is 23.3 Å². The SMILES string of the molecule is C=Cc1ccc(CC(C(=C)OC(C)(C)C)C(=O)O)cc1.C=Cc1ccc(CC(C)(C(=C)OC(C)(C)C)C(=O)O)cc1.C=Cc1ccc(S(=O)(=O)C(C)C(=O)OC)cc1.C=Cc1ccc(S(=O)(=O)C(C)C)cc1.C=Cc1ccc(S(=O)(=O)C(C)Cl)cc1.C=Cc1ccc(S(=O)(=O)C(C)[N+](=O)[O-])cc1.C=Cc1ccc(S(=O)(=O)C(C)c2ccccc2)cc1.C=Cc1ccc(S(=O)(=O)CC)cc1. The van der Waals surface area contributed by atoms with E-state index in [0.717, 1.165) is 75.2 Å². The first-order valence-corrected chi connectivity index (χ1v) is 51.4. The Morgan fingerprint density at radius 3 is 0.985 bits per heavy atom. The number of esters is 1. The van der Waals surface area contributed by atoms with Gasteiger partial charge in [-0.05, 0) is 230 Å². The Morgan fingerprint density at radius 1 is 0.418 bits per heavy atom. The van der Waals surface area contributed by atoms with Crippen LogP contribution in [0.5, 0.6) is 0 Å². The van der Waals surface area contributed by atoms with Gasteiger partial charge in [-0.3, -0.25) is 24.5 Å². The van der Waals surface area contributed by atoms with Crippen LogP contribution in [0.3, 0.4) is 0 Å². The molecule has 0 radical (unpaired) electrons. The molecule has 0 heterocycles. The van der Waals surface area contributed by atoms with Gasteiger partial charge < -0.3 is 24.4 Å². The van der Waals surface area contributed by atoms with Crippen LogP contribution in [0.4, 0.5) is 0 Å². The first-order chi connectivity index (χ1) is 62.2. The standard InChI is InChI=1S/C18H24O3.C17H22O3.C16H16O2S.C12H14O4S.C11H14O2S.C10H11ClO2S.C10H11NO4S.C10H12O2S/c1-7-14-8-10-15(11-9-14)12-18(6,16(19)20)13(2)21-17(3,4)5;1-6-13-7-9-14(10-8-13)11-15(16(18)19)12(2)20-17(3,4)5;1-3-14-9-11-16(12-10-14)19(17,18)13(2)15-7-5-4-6-8-15;1-4-10-5-7-11(8-6-10)17(14,15)9(2)12(13)16-3;1-4-10-5-7-11(8-6-10)14(12,13)9(2)3;1-3-9-4-6-10(7-5-9)14(12,13)8(2)11;1-3-9-4-6-10(7-5-9)16(14,15)8(2)11(12)13;1-3-9-5-7-10(8-6-9)13(11,12)4-2/h7-11H,1-2,12H2,3-6H3,(H,19,20);6-10,15H,1-2,11H2,3-5H3,(H,18,19);3-13H,1H2,2H3;4-9H,1H2,2-3H3;4-9H,1H2,2-3H3;3-8H,1H2,2H3;3-8H,1H2,2H3;3,5-8H,1,4H2,2H3. The van der Waals surface area contributed by atoms with Crippen molar-refractivity contribution in [2.45, 2.75) is 176 Å². The normalized spacial score (nSPS) is 12.8. The van der Waals surface area contributed by atoms with Crippen molar-refractivity contribution in [3.8, 4) is 0 Å². The van der Waals surface area contributed by atoms with Gasteiger partial charge in [-0.25, -0.2) is 50.5 Å². The topological polar surface area (TPSA) is 367 Å². The highest BCUT2D eigenvalue weighted by Crippen LogP contribution is 2.36. The smallest absolute Gasteiger partial charge is 0.324 e. The molecule has 9 aromatic carbocycles. The number of rotatable bonds is 33. The molecule has 0 saturated carbocycles. The fourth-order valence-corrected chi connectivity index (χ4v) is 18.1. The highest BCUT2D eigenvalue weighted by Gasteiger charge is 2.40. The van der Waals surface area contributed by atoms with Gasteiger partial charge in [-0.2, -0.15) is 0 Å². The second-order valence-electron chi connectivity index (χ2n) is 32.1. The number of hydrogen-bond acceptors (Lipinski definition) is 20. The lowest BCUT2D eigenvalue weighted by atomic mass is 9.81. The molecule has 0 fully saturated rings. The molecule has 0 bridgehead atoms. The molecule has 9 rings (SSSR count). The van der Waals surface area contributed by atoms with E-state index in [9.17, 15) is 85.2 Å². The van der Waals surface area contributed by atoms with Gasteiger partial charge in [-0.1, -0.05) is 273 Å². The molecule has 0 aromatic heterocycles. The maximum absolute atomic E-state index is 12.5. The average molecular weight is 1970 g/mol. The summed E-state index contributed by atoms with van der Waals surface area (Å²) in [6.07, 6.45) is 14.1. The molecule has 134 heavy (non-hydrogen) atoms. The molecule has 6 unspecified atom stereocenters. The summed E-state index contributed by atoms with van der Waals surface area (Å²) in [5.74, 6) is -2.67. The summed E-state index contributed by atoms with van der Waals surface area (Å²) in [7, 11) is -19.3. The molecule has 0 aliphatic carbocycles. The van der Waals surface area contributed by atoms with E-state index in [-0.39, 0.29) is 37.2 Å².